The summed E-state index contributed by atoms with van der Waals surface area (Å²) >= 11 is 0. The quantitative estimate of drug-likeness (QED) is 0.463. The van der Waals surface area contributed by atoms with Crippen LogP contribution in [0.3, 0.4) is 0 Å². The monoisotopic (exact) mass is 417 g/mol. The summed E-state index contributed by atoms with van der Waals surface area (Å²) in [6, 6.07) is 8.95. The number of para-hydroxylation sites is 1. The van der Waals surface area contributed by atoms with Gasteiger partial charge >= 0.3 is 11.9 Å². The number of furan rings is 1. The molecule has 0 spiro atoms. The Kier molecular flexibility index (Phi) is 8.16. The molecule has 9 heteroatoms. The largest absolute Gasteiger partial charge is 0.493 e. The van der Waals surface area contributed by atoms with Gasteiger partial charge in [0.1, 0.15) is 17.1 Å². The zero-order valence-electron chi connectivity index (χ0n) is 17.0. The maximum atomic E-state index is 12.2. The van der Waals surface area contributed by atoms with Gasteiger partial charge in [-0.3, -0.25) is 19.7 Å². The number of amides is 1. The van der Waals surface area contributed by atoms with E-state index in [1.165, 1.54) is 13.8 Å². The number of ketones is 1. The van der Waals surface area contributed by atoms with Crippen molar-refractivity contribution in [3.8, 4) is 5.75 Å². The Bertz CT molecular complexity index is 917. The van der Waals surface area contributed by atoms with Crippen molar-refractivity contribution in [2.24, 2.45) is 0 Å². The average Bonchev–Trinajstić information content (AvgIpc) is 3.03. The number of ether oxygens (including phenoxy) is 3. The molecule has 1 aromatic carbocycles. The molecule has 1 amide bonds. The second-order valence-electron chi connectivity index (χ2n) is 6.13. The van der Waals surface area contributed by atoms with Crippen LogP contribution in [-0.4, -0.2) is 43.4 Å². The lowest BCUT2D eigenvalue weighted by molar-refractivity contribution is -0.147. The summed E-state index contributed by atoms with van der Waals surface area (Å²) < 4.78 is 20.6. The molecule has 0 aliphatic carbocycles. The highest BCUT2D eigenvalue weighted by Crippen LogP contribution is 2.28. The molecular weight excluding hydrogens is 394 g/mol. The normalized spacial score (nSPS) is 10.2. The molecule has 1 aromatic heterocycles. The zero-order valence-corrected chi connectivity index (χ0v) is 17.0. The van der Waals surface area contributed by atoms with Gasteiger partial charge in [0, 0.05) is 0 Å². The Labute approximate surface area is 173 Å². The lowest BCUT2D eigenvalue weighted by Gasteiger charge is -2.08. The van der Waals surface area contributed by atoms with Gasteiger partial charge in [-0.2, -0.15) is 0 Å². The van der Waals surface area contributed by atoms with E-state index >= 15 is 0 Å². The number of benzene rings is 1. The van der Waals surface area contributed by atoms with Gasteiger partial charge in [0.2, 0.25) is 5.88 Å². The lowest BCUT2D eigenvalue weighted by Crippen LogP contribution is -2.23. The number of esters is 2. The summed E-state index contributed by atoms with van der Waals surface area (Å²) in [6.45, 7) is 3.94. The van der Waals surface area contributed by atoms with Crippen LogP contribution in [0.5, 0.6) is 5.75 Å². The predicted molar refractivity (Wildman–Crippen MR) is 106 cm³/mol. The first-order chi connectivity index (χ1) is 14.3. The van der Waals surface area contributed by atoms with E-state index in [0.717, 1.165) is 0 Å². The molecule has 0 bridgehead atoms. The Morgan fingerprint density at radius 2 is 1.73 bits per heavy atom. The van der Waals surface area contributed by atoms with Crippen LogP contribution >= 0.6 is 0 Å². The van der Waals surface area contributed by atoms with Crippen LogP contribution in [-0.2, 0) is 19.1 Å². The average molecular weight is 417 g/mol. The molecule has 1 N–H and O–H groups in total. The maximum absolute atomic E-state index is 12.2. The third-order valence-electron chi connectivity index (χ3n) is 3.85. The fraction of sp³-hybridized carbons (Fsp3) is 0.333. The molecule has 1 heterocycles. The summed E-state index contributed by atoms with van der Waals surface area (Å²) in [5, 5.41) is 2.34. The standard InChI is InChI=1S/C21H23NO8/c1-4-27-21(26)19-18(13(2)23)14(3)30-20(19)22-16(24)12-29-17(25)10-11-28-15-8-6-5-7-9-15/h5-9H,4,10-12H2,1-3H3,(H,22,24). The minimum atomic E-state index is -0.801. The molecule has 2 rings (SSSR count). The zero-order chi connectivity index (χ0) is 22.1. The van der Waals surface area contributed by atoms with Crippen molar-refractivity contribution >= 4 is 29.5 Å². The van der Waals surface area contributed by atoms with Gasteiger partial charge < -0.3 is 18.6 Å². The third kappa shape index (κ3) is 6.20. The SMILES string of the molecule is CCOC(=O)c1c(NC(=O)COC(=O)CCOc2ccccc2)oc(C)c1C(C)=O. The number of carbonyl (C=O) groups is 4. The third-order valence-corrected chi connectivity index (χ3v) is 3.85. The Morgan fingerprint density at radius 3 is 2.37 bits per heavy atom. The van der Waals surface area contributed by atoms with Crippen LogP contribution in [0.2, 0.25) is 0 Å². The first-order valence-electron chi connectivity index (χ1n) is 9.28. The second-order valence-corrected chi connectivity index (χ2v) is 6.13. The number of hydrogen-bond acceptors (Lipinski definition) is 8. The van der Waals surface area contributed by atoms with E-state index in [9.17, 15) is 19.2 Å². The van der Waals surface area contributed by atoms with E-state index < -0.39 is 30.2 Å². The van der Waals surface area contributed by atoms with E-state index in [0.29, 0.717) is 5.75 Å². The van der Waals surface area contributed by atoms with Gasteiger partial charge in [-0.1, -0.05) is 18.2 Å². The van der Waals surface area contributed by atoms with Crippen molar-refractivity contribution in [2.75, 3.05) is 25.1 Å². The van der Waals surface area contributed by atoms with Gasteiger partial charge in [0.25, 0.3) is 5.91 Å². The Morgan fingerprint density at radius 1 is 1.03 bits per heavy atom. The van der Waals surface area contributed by atoms with Crippen LogP contribution in [0.4, 0.5) is 5.88 Å². The number of aryl methyl sites for hydroxylation is 1. The van der Waals surface area contributed by atoms with Crippen LogP contribution in [0.25, 0.3) is 0 Å². The molecule has 0 aliphatic heterocycles. The summed E-state index contributed by atoms with van der Waals surface area (Å²) in [6.07, 6.45) is -0.0510. The second kappa shape index (κ2) is 10.8. The Hall–Kier alpha value is -3.62. The fourth-order valence-electron chi connectivity index (χ4n) is 2.60. The molecule has 0 saturated carbocycles. The van der Waals surface area contributed by atoms with E-state index in [1.807, 2.05) is 6.07 Å². The van der Waals surface area contributed by atoms with Gasteiger partial charge in [-0.05, 0) is 32.9 Å². The fourth-order valence-corrected chi connectivity index (χ4v) is 2.60. The number of anilines is 1. The number of carbonyl (C=O) groups excluding carboxylic acids is 4. The van der Waals surface area contributed by atoms with E-state index in [2.05, 4.69) is 5.32 Å². The molecule has 160 valence electrons. The molecule has 30 heavy (non-hydrogen) atoms. The van der Waals surface area contributed by atoms with Crippen molar-refractivity contribution in [3.05, 3.63) is 47.2 Å². The lowest BCUT2D eigenvalue weighted by atomic mass is 10.1. The van der Waals surface area contributed by atoms with Gasteiger partial charge in [-0.25, -0.2) is 4.79 Å². The molecule has 0 aliphatic rings. The molecule has 0 radical (unpaired) electrons. The highest BCUT2D eigenvalue weighted by molar-refractivity contribution is 6.10. The molecule has 0 fully saturated rings. The summed E-state index contributed by atoms with van der Waals surface area (Å²) in [5.41, 5.74) is -0.142. The van der Waals surface area contributed by atoms with Crippen molar-refractivity contribution in [3.63, 3.8) is 0 Å². The van der Waals surface area contributed by atoms with E-state index in [4.69, 9.17) is 18.6 Å². The summed E-state index contributed by atoms with van der Waals surface area (Å²) in [4.78, 5) is 47.9. The highest BCUT2D eigenvalue weighted by Gasteiger charge is 2.28. The maximum Gasteiger partial charge on any atom is 0.344 e. The molecular formula is C21H23NO8. The molecule has 0 unspecified atom stereocenters. The van der Waals surface area contributed by atoms with Gasteiger partial charge in [0.05, 0.1) is 25.2 Å². The Balaban J connectivity index is 1.91. The summed E-state index contributed by atoms with van der Waals surface area (Å²) in [7, 11) is 0. The molecule has 0 saturated heterocycles. The van der Waals surface area contributed by atoms with Crippen LogP contribution < -0.4 is 10.1 Å². The van der Waals surface area contributed by atoms with E-state index in [-0.39, 0.29) is 42.4 Å². The first-order valence-corrected chi connectivity index (χ1v) is 9.28. The number of nitrogens with one attached hydrogen (secondary N) is 1. The van der Waals surface area contributed by atoms with Crippen LogP contribution in [0.15, 0.2) is 34.7 Å². The number of rotatable bonds is 10. The minimum Gasteiger partial charge on any atom is -0.493 e. The molecule has 2 aromatic rings. The van der Waals surface area contributed by atoms with Crippen molar-refractivity contribution < 1.29 is 37.8 Å². The smallest absolute Gasteiger partial charge is 0.344 e. The van der Waals surface area contributed by atoms with Crippen molar-refractivity contribution in [1.82, 2.24) is 0 Å². The van der Waals surface area contributed by atoms with Crippen LogP contribution in [0.1, 0.15) is 46.7 Å². The predicted octanol–water partition coefficient (Wildman–Crippen LogP) is 2.92. The van der Waals surface area contributed by atoms with E-state index in [1.54, 1.807) is 31.2 Å². The number of Topliss-reactive ketones (excluding diaryl/α,β-unsaturated/α-hetero) is 1. The first kappa shape index (κ1) is 22.7. The van der Waals surface area contributed by atoms with Crippen molar-refractivity contribution in [2.45, 2.75) is 27.2 Å². The van der Waals surface area contributed by atoms with Crippen molar-refractivity contribution in [1.29, 1.82) is 0 Å². The molecule has 0 atom stereocenters. The minimum absolute atomic E-state index is 0.0267. The molecule has 9 nitrogen and oxygen atoms in total. The number of hydrogen-bond donors (Lipinski definition) is 1. The van der Waals surface area contributed by atoms with Gasteiger partial charge in [0.15, 0.2) is 12.4 Å². The highest BCUT2D eigenvalue weighted by atomic mass is 16.5. The summed E-state index contributed by atoms with van der Waals surface area (Å²) in [5.74, 6) is -2.03. The van der Waals surface area contributed by atoms with Crippen LogP contribution in [0, 0.1) is 6.92 Å². The van der Waals surface area contributed by atoms with Gasteiger partial charge in [-0.15, -0.1) is 0 Å². The topological polar surface area (TPSA) is 121 Å².